The van der Waals surface area contributed by atoms with Crippen LogP contribution >= 0.6 is 79.6 Å². The van der Waals surface area contributed by atoms with E-state index in [-0.39, 0.29) is 29.0 Å². The van der Waals surface area contributed by atoms with E-state index >= 15 is 0 Å². The van der Waals surface area contributed by atoms with Crippen molar-refractivity contribution in [3.05, 3.63) is 204 Å². The number of halogens is 8. The number of aliphatic hydroxyl groups is 1. The molecule has 0 saturated carbocycles. The van der Waals surface area contributed by atoms with E-state index in [4.69, 9.17) is 14.2 Å². The Kier molecular flexibility index (Phi) is 24.9. The van der Waals surface area contributed by atoms with Crippen molar-refractivity contribution in [2.75, 3.05) is 50.6 Å². The predicted molar refractivity (Wildman–Crippen MR) is 291 cm³/mol. The molecule has 0 aliphatic carbocycles. The van der Waals surface area contributed by atoms with Crippen LogP contribution in [0, 0.1) is 17.5 Å². The number of nitrogens with zero attached hydrogens (tertiary/aromatic N) is 1. The van der Waals surface area contributed by atoms with E-state index in [0.717, 1.165) is 67.6 Å². The second-order valence-electron chi connectivity index (χ2n) is 16.2. The third-order valence-corrected chi connectivity index (χ3v) is 13.7. The second-order valence-corrected chi connectivity index (χ2v) is 20.5. The Bertz CT molecular complexity index is 2440. The summed E-state index contributed by atoms with van der Waals surface area (Å²) in [7, 11) is 2.04. The molecule has 3 atom stereocenters. The fourth-order valence-electron chi connectivity index (χ4n) is 7.00. The van der Waals surface area contributed by atoms with Crippen molar-refractivity contribution in [3.8, 4) is 17.2 Å². The van der Waals surface area contributed by atoms with Gasteiger partial charge in [0.1, 0.15) is 40.3 Å². The summed E-state index contributed by atoms with van der Waals surface area (Å²) in [6.45, 7) is 12.8. The van der Waals surface area contributed by atoms with Gasteiger partial charge in [0, 0.05) is 72.8 Å². The smallest absolute Gasteiger partial charge is 0.133 e. The molecule has 0 spiro atoms. The average Bonchev–Trinajstić information content (AvgIpc) is 3.31. The number of rotatable bonds is 21. The van der Waals surface area contributed by atoms with Crippen molar-refractivity contribution in [1.29, 1.82) is 0 Å². The summed E-state index contributed by atoms with van der Waals surface area (Å²) < 4.78 is 62.7. The van der Waals surface area contributed by atoms with Crippen molar-refractivity contribution in [2.45, 2.75) is 57.5 Å². The average molecular weight is 1250 g/mol. The molecule has 68 heavy (non-hydrogen) atoms. The Morgan fingerprint density at radius 2 is 0.971 bits per heavy atom. The Labute approximate surface area is 443 Å². The topological polar surface area (TPSA) is 51.2 Å². The van der Waals surface area contributed by atoms with Crippen LogP contribution in [0.25, 0.3) is 0 Å². The molecule has 0 aromatic heterocycles. The summed E-state index contributed by atoms with van der Waals surface area (Å²) in [5, 5.41) is 12.5. The highest BCUT2D eigenvalue weighted by atomic mass is 79.9. The second kappa shape index (κ2) is 29.7. The minimum atomic E-state index is -1.40. The molecule has 6 aromatic carbocycles. The molecule has 6 aromatic rings. The Morgan fingerprint density at radius 1 is 0.588 bits per heavy atom. The van der Waals surface area contributed by atoms with Crippen LogP contribution in [-0.2, 0) is 5.60 Å². The van der Waals surface area contributed by atoms with E-state index in [1.807, 2.05) is 112 Å². The molecular weight excluding hydrogens is 1200 g/mol. The van der Waals surface area contributed by atoms with Crippen molar-refractivity contribution in [2.24, 2.45) is 0 Å². The summed E-state index contributed by atoms with van der Waals surface area (Å²) in [6, 6.07) is 38.0. The maximum Gasteiger partial charge on any atom is 0.133 e. The van der Waals surface area contributed by atoms with Crippen molar-refractivity contribution >= 4 is 79.6 Å². The molecule has 0 bridgehead atoms. The molecular formula is C55H59Br5F3NO4. The number of hydrogen-bond acceptors (Lipinski definition) is 5. The number of hydrogen-bond donors (Lipinski definition) is 1. The molecule has 13 heteroatoms. The van der Waals surface area contributed by atoms with Crippen LogP contribution in [0.2, 0.25) is 0 Å². The standard InChI is InChI=1S/C21H25BrFNO.C17H17Br2FO2.C17H17Br2FO/c1-4-12-24(3)13-5-14-25-19-10-11-20(21(23)15-19)16(2)17-6-8-18(22)9-7-17;1-17(21,12-3-5-13(19)6-4-12)15-8-7-14(11-16(15)20)22-10-2-9-18;1-12(13-3-5-14(19)6-4-13)16-8-7-15(11-17(16)20)21-10-2-9-18/h4,6-11,15-16H,1,5,12-14H2,2-3H3;3-8,11,21H,2,9-10H2,1H3;3-8,11-12H,2,9-10H2,1H3. The zero-order valence-corrected chi connectivity index (χ0v) is 46.7. The highest BCUT2D eigenvalue weighted by Crippen LogP contribution is 2.34. The zero-order chi connectivity index (χ0) is 49.6. The first-order chi connectivity index (χ1) is 32.6. The third kappa shape index (κ3) is 18.4. The van der Waals surface area contributed by atoms with Gasteiger partial charge in [-0.1, -0.05) is 148 Å². The van der Waals surface area contributed by atoms with Crippen LogP contribution in [-0.4, -0.2) is 60.6 Å². The molecule has 5 nitrogen and oxygen atoms in total. The van der Waals surface area contributed by atoms with Crippen molar-refractivity contribution in [1.82, 2.24) is 4.90 Å². The quantitative estimate of drug-likeness (QED) is 0.0442. The maximum absolute atomic E-state index is 14.5. The molecule has 0 aliphatic rings. The molecule has 0 amide bonds. The fourth-order valence-corrected chi connectivity index (χ4v) is 8.25. The minimum absolute atomic E-state index is 0.00490. The van der Waals surface area contributed by atoms with Crippen molar-refractivity contribution in [3.63, 3.8) is 0 Å². The van der Waals surface area contributed by atoms with Crippen LogP contribution in [0.3, 0.4) is 0 Å². The molecule has 0 radical (unpaired) electrons. The van der Waals surface area contributed by atoms with Crippen LogP contribution in [0.1, 0.15) is 85.3 Å². The molecule has 0 saturated heterocycles. The van der Waals surface area contributed by atoms with Gasteiger partial charge in [0.05, 0.1) is 19.8 Å². The number of benzene rings is 6. The predicted octanol–water partition coefficient (Wildman–Crippen LogP) is 16.5. The SMILES string of the molecule is C=CCN(C)CCCOc1ccc(C(C)c2ccc(Br)cc2)c(F)c1.CC(O)(c1ccc(Br)cc1)c1ccc(OCCCBr)cc1F.CC(c1ccc(Br)cc1)c1ccc(OCCCBr)cc1F. The molecule has 0 fully saturated rings. The van der Waals surface area contributed by atoms with Gasteiger partial charge in [-0.3, -0.25) is 0 Å². The molecule has 3 unspecified atom stereocenters. The van der Waals surface area contributed by atoms with Crippen LogP contribution in [0.4, 0.5) is 13.2 Å². The molecule has 0 aliphatic heterocycles. The van der Waals surface area contributed by atoms with E-state index in [1.54, 1.807) is 31.2 Å². The highest BCUT2D eigenvalue weighted by molar-refractivity contribution is 9.11. The normalized spacial score (nSPS) is 12.7. The highest BCUT2D eigenvalue weighted by Gasteiger charge is 2.29. The first-order valence-corrected chi connectivity index (χ1v) is 26.9. The third-order valence-electron chi connectivity index (χ3n) is 11.0. The van der Waals surface area contributed by atoms with Gasteiger partial charge in [-0.25, -0.2) is 13.2 Å². The summed E-state index contributed by atoms with van der Waals surface area (Å²) in [5.74, 6) is 0.705. The largest absolute Gasteiger partial charge is 0.493 e. The van der Waals surface area contributed by atoms with E-state index < -0.39 is 11.4 Å². The van der Waals surface area contributed by atoms with Gasteiger partial charge in [0.25, 0.3) is 0 Å². The van der Waals surface area contributed by atoms with Gasteiger partial charge in [-0.2, -0.15) is 0 Å². The molecule has 1 N–H and O–H groups in total. The number of alkyl halides is 2. The van der Waals surface area contributed by atoms with Crippen LogP contribution in [0.15, 0.2) is 153 Å². The molecule has 364 valence electrons. The first-order valence-electron chi connectivity index (χ1n) is 22.3. The van der Waals surface area contributed by atoms with E-state index in [1.165, 1.54) is 18.2 Å². The number of likely N-dealkylation sites (N-methyl/N-ethyl adjacent to an activating group) is 1. The van der Waals surface area contributed by atoms with Crippen molar-refractivity contribution < 1.29 is 32.5 Å². The molecule has 6 rings (SSSR count). The molecule has 0 heterocycles. The van der Waals surface area contributed by atoms with Gasteiger partial charge < -0.3 is 24.2 Å². The van der Waals surface area contributed by atoms with Gasteiger partial charge in [-0.05, 0) is 122 Å². The Balaban J connectivity index is 0.000000223. The zero-order valence-electron chi connectivity index (χ0n) is 38.8. The maximum atomic E-state index is 14.5. The summed E-state index contributed by atoms with van der Waals surface area (Å²) >= 11 is 16.8. The summed E-state index contributed by atoms with van der Waals surface area (Å²) in [4.78, 5) is 2.17. The number of ether oxygens (including phenoxy) is 3. The van der Waals surface area contributed by atoms with Gasteiger partial charge >= 0.3 is 0 Å². The van der Waals surface area contributed by atoms with E-state index in [9.17, 15) is 18.3 Å². The van der Waals surface area contributed by atoms with Crippen LogP contribution < -0.4 is 14.2 Å². The van der Waals surface area contributed by atoms with Gasteiger partial charge in [0.2, 0.25) is 0 Å². The van der Waals surface area contributed by atoms with E-state index in [0.29, 0.717) is 53.8 Å². The van der Waals surface area contributed by atoms with Crippen LogP contribution in [0.5, 0.6) is 17.2 Å². The lowest BCUT2D eigenvalue weighted by molar-refractivity contribution is 0.0978. The van der Waals surface area contributed by atoms with Gasteiger partial charge in [-0.15, -0.1) is 6.58 Å². The fraction of sp³-hybridized carbons (Fsp3) is 0.309. The van der Waals surface area contributed by atoms with Gasteiger partial charge in [0.15, 0.2) is 0 Å². The lowest BCUT2D eigenvalue weighted by atomic mass is 9.88. The lowest BCUT2D eigenvalue weighted by Crippen LogP contribution is -2.24. The monoisotopic (exact) mass is 1250 g/mol. The first kappa shape index (κ1) is 57.2. The summed E-state index contributed by atoms with van der Waals surface area (Å²) in [6.07, 6.45) is 4.52. The Hall–Kier alpha value is -3.43. The lowest BCUT2D eigenvalue weighted by Gasteiger charge is -2.25. The Morgan fingerprint density at radius 3 is 1.35 bits per heavy atom. The van der Waals surface area contributed by atoms with E-state index in [2.05, 4.69) is 91.1 Å². The summed E-state index contributed by atoms with van der Waals surface area (Å²) in [5.41, 5.74) is 2.99. The minimum Gasteiger partial charge on any atom is -0.493 e.